The molecule has 0 aromatic heterocycles. The maximum Gasteiger partial charge on any atom is 0.397 e. The lowest BCUT2D eigenvalue weighted by atomic mass is 9.88. The maximum absolute atomic E-state index is 13.0. The Bertz CT molecular complexity index is 2290. The standard InChI is InChI=1S/C45H77N3O36S/c1-12-25(59)31(65)33(67)41(76-12)82-39-32(66)28(62)20(8-51)78-43(39)81-36-22(11-75-85(71,72)73)79-40(24(30(36)64)48-15(4)55)74-10-19(58)27(61)35(16(6-49)46-13(2)53)80-42-34(68)38(29(63)21(9-52)77-42)84-45(44(69)70)5-17(56)23(47-14(3)54)37(83-45)26(60)18(57)7-50/h12,16-43,49-52,56-68H,5-11H2,1-4H3,(H,46,53)(H,47,54)(H,48,55)(H,69,70)(H,71,72,73)/t12-,16-,17-,18+,19+,20+,21+,22+,23+,24+,25+,26+,27-,28-,29-,30+,31+,32-,33-,34+,35+,36+,37+,38-,39+,40+,41-,42-,43-,45-/m0/s1. The number of aliphatic carboxylic acids is 1. The van der Waals surface area contributed by atoms with Gasteiger partial charge in [-0.1, -0.05) is 0 Å². The molecule has 5 rings (SSSR count). The van der Waals surface area contributed by atoms with Crippen molar-refractivity contribution >= 4 is 34.1 Å². The van der Waals surface area contributed by atoms with Gasteiger partial charge in [0.15, 0.2) is 25.2 Å². The van der Waals surface area contributed by atoms with E-state index in [2.05, 4.69) is 20.1 Å². The second-order valence-electron chi connectivity index (χ2n) is 20.7. The Morgan fingerprint density at radius 1 is 0.624 bits per heavy atom. The topological polar surface area (TPSA) is 624 Å². The molecule has 5 aliphatic heterocycles. The Morgan fingerprint density at radius 3 is 1.75 bits per heavy atom. The average Bonchev–Trinajstić information content (AvgIpc) is 1.66. The first-order valence-electron chi connectivity index (χ1n) is 26.2. The molecule has 5 saturated heterocycles. The van der Waals surface area contributed by atoms with E-state index in [4.69, 9.17) is 47.4 Å². The van der Waals surface area contributed by atoms with E-state index in [1.54, 1.807) is 0 Å². The van der Waals surface area contributed by atoms with Crippen molar-refractivity contribution in [2.24, 2.45) is 0 Å². The minimum Gasteiger partial charge on any atom is -0.477 e. The molecule has 0 radical (unpaired) electrons. The molecule has 0 aliphatic carbocycles. The number of hydrogen-bond acceptors (Lipinski definition) is 34. The second-order valence-corrected chi connectivity index (χ2v) is 21.8. The normalized spacial score (nSPS) is 41.3. The molecule has 494 valence electrons. The zero-order valence-electron chi connectivity index (χ0n) is 45.5. The van der Waals surface area contributed by atoms with Crippen LogP contribution in [0.3, 0.4) is 0 Å². The van der Waals surface area contributed by atoms with Crippen molar-refractivity contribution in [3.05, 3.63) is 0 Å². The number of hydrogen-bond donors (Lipinski definition) is 22. The summed E-state index contributed by atoms with van der Waals surface area (Å²) in [6, 6.07) is -5.52. The molecule has 0 unspecified atom stereocenters. The Labute approximate surface area is 481 Å². The van der Waals surface area contributed by atoms with Gasteiger partial charge in [-0.2, -0.15) is 8.42 Å². The highest BCUT2D eigenvalue weighted by atomic mass is 32.3. The van der Waals surface area contributed by atoms with Crippen molar-refractivity contribution in [2.75, 3.05) is 39.6 Å². The number of aliphatic hydroxyl groups is 17. The highest BCUT2D eigenvalue weighted by Crippen LogP contribution is 2.39. The summed E-state index contributed by atoms with van der Waals surface area (Å²) in [5.41, 5.74) is 0. The molecular formula is C45H77N3O36S. The fraction of sp³-hybridized carbons (Fsp3) is 0.911. The monoisotopic (exact) mass is 1270 g/mol. The van der Waals surface area contributed by atoms with E-state index in [0.717, 1.165) is 20.8 Å². The summed E-state index contributed by atoms with van der Waals surface area (Å²) >= 11 is 0. The second kappa shape index (κ2) is 30.9. The van der Waals surface area contributed by atoms with Crippen LogP contribution < -0.4 is 16.0 Å². The summed E-state index contributed by atoms with van der Waals surface area (Å²) in [5, 5.41) is 201. The summed E-state index contributed by atoms with van der Waals surface area (Å²) in [6.07, 6.45) is -56.1. The molecule has 5 heterocycles. The van der Waals surface area contributed by atoms with Gasteiger partial charge in [0, 0.05) is 27.2 Å². The van der Waals surface area contributed by atoms with E-state index in [-0.39, 0.29) is 0 Å². The van der Waals surface area contributed by atoms with Gasteiger partial charge in [0.05, 0.1) is 63.9 Å². The fourth-order valence-corrected chi connectivity index (χ4v) is 10.3. The van der Waals surface area contributed by atoms with Gasteiger partial charge in [-0.25, -0.2) is 8.98 Å². The van der Waals surface area contributed by atoms with Crippen LogP contribution in [0, 0.1) is 0 Å². The summed E-state index contributed by atoms with van der Waals surface area (Å²) in [5.74, 6) is -8.18. The zero-order valence-corrected chi connectivity index (χ0v) is 46.4. The van der Waals surface area contributed by atoms with Gasteiger partial charge in [-0.3, -0.25) is 18.9 Å². The number of rotatable bonds is 27. The molecule has 40 heteroatoms. The molecule has 0 saturated carbocycles. The Balaban J connectivity index is 1.44. The molecule has 0 spiro atoms. The van der Waals surface area contributed by atoms with Crippen LogP contribution in [-0.4, -0.2) is 352 Å². The molecule has 30 atom stereocenters. The smallest absolute Gasteiger partial charge is 0.397 e. The van der Waals surface area contributed by atoms with E-state index in [9.17, 15) is 124 Å². The fourth-order valence-electron chi connectivity index (χ4n) is 10.00. The molecule has 22 N–H and O–H groups in total. The van der Waals surface area contributed by atoms with Gasteiger partial charge in [0.1, 0.15) is 128 Å². The molecule has 5 aliphatic rings. The van der Waals surface area contributed by atoms with Crippen LogP contribution in [0.4, 0.5) is 0 Å². The van der Waals surface area contributed by atoms with Gasteiger partial charge in [-0.05, 0) is 6.92 Å². The predicted octanol–water partition coefficient (Wildman–Crippen LogP) is -14.0. The highest BCUT2D eigenvalue weighted by Gasteiger charge is 2.61. The maximum atomic E-state index is 13.0. The van der Waals surface area contributed by atoms with Gasteiger partial charge >= 0.3 is 16.4 Å². The number of carboxylic acids is 1. The minimum absolute atomic E-state index is 0.859. The van der Waals surface area contributed by atoms with Crippen LogP contribution in [0.2, 0.25) is 0 Å². The van der Waals surface area contributed by atoms with E-state index in [0.29, 0.717) is 0 Å². The summed E-state index contributed by atoms with van der Waals surface area (Å²) < 4.78 is 94.7. The van der Waals surface area contributed by atoms with Crippen LogP contribution in [0.5, 0.6) is 0 Å². The van der Waals surface area contributed by atoms with E-state index < -0.39 is 264 Å². The van der Waals surface area contributed by atoms with Gasteiger partial charge < -0.3 is 155 Å². The number of ether oxygens (including phenoxy) is 10. The molecule has 0 bridgehead atoms. The number of carbonyl (C=O) groups excluding carboxylic acids is 3. The summed E-state index contributed by atoms with van der Waals surface area (Å²) in [4.78, 5) is 50.2. The lowest BCUT2D eigenvalue weighted by Gasteiger charge is -2.50. The lowest BCUT2D eigenvalue weighted by molar-refractivity contribution is -0.383. The highest BCUT2D eigenvalue weighted by molar-refractivity contribution is 7.80. The minimum atomic E-state index is -5.41. The number of carbonyl (C=O) groups is 4. The molecule has 5 fully saturated rings. The van der Waals surface area contributed by atoms with Crippen molar-refractivity contribution in [1.82, 2.24) is 16.0 Å². The van der Waals surface area contributed by atoms with Crippen LogP contribution in [-0.2, 0) is 81.1 Å². The van der Waals surface area contributed by atoms with Crippen LogP contribution >= 0.6 is 0 Å². The van der Waals surface area contributed by atoms with Crippen molar-refractivity contribution in [3.63, 3.8) is 0 Å². The molecule has 0 aromatic carbocycles. The van der Waals surface area contributed by atoms with Crippen molar-refractivity contribution < 1.29 is 176 Å². The Morgan fingerprint density at radius 2 is 1.20 bits per heavy atom. The van der Waals surface area contributed by atoms with Crippen LogP contribution in [0.25, 0.3) is 0 Å². The summed E-state index contributed by atoms with van der Waals surface area (Å²) in [6.45, 7) is -3.17. The van der Waals surface area contributed by atoms with Crippen molar-refractivity contribution in [1.29, 1.82) is 0 Å². The molecule has 3 amide bonds. The number of aliphatic hydroxyl groups excluding tert-OH is 17. The largest absolute Gasteiger partial charge is 0.477 e. The first kappa shape index (κ1) is 72.4. The van der Waals surface area contributed by atoms with E-state index >= 15 is 0 Å². The predicted molar refractivity (Wildman–Crippen MR) is 262 cm³/mol. The summed E-state index contributed by atoms with van der Waals surface area (Å²) in [7, 11) is -5.41. The third kappa shape index (κ3) is 17.5. The van der Waals surface area contributed by atoms with Gasteiger partial charge in [0.2, 0.25) is 17.7 Å². The van der Waals surface area contributed by atoms with Crippen molar-refractivity contribution in [2.45, 2.75) is 217 Å². The third-order valence-electron chi connectivity index (χ3n) is 14.4. The van der Waals surface area contributed by atoms with Gasteiger partial charge in [0.25, 0.3) is 5.79 Å². The van der Waals surface area contributed by atoms with E-state index in [1.807, 2.05) is 0 Å². The van der Waals surface area contributed by atoms with Crippen molar-refractivity contribution in [3.8, 4) is 0 Å². The average molecular weight is 1270 g/mol. The van der Waals surface area contributed by atoms with E-state index in [1.165, 1.54) is 6.92 Å². The third-order valence-corrected chi connectivity index (χ3v) is 14.8. The number of amides is 3. The van der Waals surface area contributed by atoms with Crippen LogP contribution in [0.1, 0.15) is 34.1 Å². The molecule has 39 nitrogen and oxygen atoms in total. The first-order valence-corrected chi connectivity index (χ1v) is 27.5. The molecule has 85 heavy (non-hydrogen) atoms. The zero-order chi connectivity index (χ0) is 63.9. The molecular weight excluding hydrogens is 1190 g/mol. The molecule has 0 aromatic rings. The quantitative estimate of drug-likeness (QED) is 0.0340. The van der Waals surface area contributed by atoms with Gasteiger partial charge in [-0.15, -0.1) is 0 Å². The SMILES string of the molecule is CC(=O)N[C@H]1[C@H](OC[C@@H](O)[C@H](O)[C@H](O[C@@H]2O[C@H](CO)[C@H](O)[C@H](O[C@]3(C(=O)O)C[C@H](O)[C@@H](NC(C)=O)[C@H]([C@H](O)[C@H](O)CO)O3)[C@H]2O)[C@H](CO)NC(C)=O)O[C@H](COS(=O)(=O)O)[C@@H](O[C@@H]2O[C@H](CO)[C@H](O)[C@H](O)[C@H]2O[C@@H]2O[C@@H](C)[C@@H](O)[C@@H](O)[C@@H]2O)[C@@H]1O. The number of carboxylic acid groups (broad SMARTS) is 1. The Hall–Kier alpha value is -3.33. The lowest BCUT2D eigenvalue weighted by Crippen LogP contribution is -2.70. The van der Waals surface area contributed by atoms with Crippen LogP contribution in [0.15, 0.2) is 0 Å². The first-order chi connectivity index (χ1) is 39.6. The number of nitrogens with one attached hydrogen (secondary N) is 3. The Kier molecular flexibility index (Phi) is 26.3.